The maximum absolute atomic E-state index is 12.3. The van der Waals surface area contributed by atoms with Crippen LogP contribution in [0, 0.1) is 0 Å². The van der Waals surface area contributed by atoms with Crippen molar-refractivity contribution < 1.29 is 19.4 Å². The third-order valence-electron chi connectivity index (χ3n) is 2.98. The van der Waals surface area contributed by atoms with E-state index >= 15 is 0 Å². The highest BCUT2D eigenvalue weighted by Gasteiger charge is 2.35. The highest BCUT2D eigenvalue weighted by Crippen LogP contribution is 2.14. The molecule has 0 spiro atoms. The Labute approximate surface area is 104 Å². The van der Waals surface area contributed by atoms with Crippen molar-refractivity contribution in [3.05, 3.63) is 18.5 Å². The minimum atomic E-state index is -1.05. The van der Waals surface area contributed by atoms with Gasteiger partial charge in [-0.05, 0) is 13.0 Å². The lowest BCUT2D eigenvalue weighted by Crippen LogP contribution is -2.54. The number of aromatic nitrogens is 2. The van der Waals surface area contributed by atoms with Gasteiger partial charge in [0.1, 0.15) is 6.04 Å². The zero-order chi connectivity index (χ0) is 13.1. The van der Waals surface area contributed by atoms with Crippen LogP contribution in [-0.4, -0.2) is 57.5 Å². The second kappa shape index (κ2) is 5.18. The zero-order valence-electron chi connectivity index (χ0n) is 10.0. The van der Waals surface area contributed by atoms with Crippen LogP contribution in [0.1, 0.15) is 13.0 Å². The molecule has 7 heteroatoms. The molecule has 0 aliphatic carbocycles. The van der Waals surface area contributed by atoms with Crippen LogP contribution in [0.3, 0.4) is 0 Å². The summed E-state index contributed by atoms with van der Waals surface area (Å²) in [6, 6.07) is 0.293. The summed E-state index contributed by atoms with van der Waals surface area (Å²) in [5.41, 5.74) is 0. The minimum Gasteiger partial charge on any atom is -0.480 e. The molecule has 1 aliphatic rings. The van der Waals surface area contributed by atoms with Gasteiger partial charge in [-0.1, -0.05) is 0 Å². The lowest BCUT2D eigenvalue weighted by molar-refractivity contribution is -0.159. The van der Waals surface area contributed by atoms with E-state index in [-0.39, 0.29) is 12.5 Å². The van der Waals surface area contributed by atoms with E-state index in [1.807, 2.05) is 0 Å². The molecule has 0 saturated carbocycles. The molecule has 2 unspecified atom stereocenters. The summed E-state index contributed by atoms with van der Waals surface area (Å²) in [6.07, 6.45) is 3.26. The molecule has 1 N–H and O–H groups in total. The summed E-state index contributed by atoms with van der Waals surface area (Å²) in [6.45, 7) is 2.39. The number of rotatable bonds is 3. The molecular weight excluding hydrogens is 238 g/mol. The third kappa shape index (κ3) is 2.35. The summed E-state index contributed by atoms with van der Waals surface area (Å²) in [7, 11) is 0. The van der Waals surface area contributed by atoms with E-state index in [1.165, 1.54) is 9.58 Å². The van der Waals surface area contributed by atoms with Crippen molar-refractivity contribution in [3.8, 4) is 0 Å². The average Bonchev–Trinajstić information content (AvgIpc) is 2.90. The van der Waals surface area contributed by atoms with Gasteiger partial charge in [-0.2, -0.15) is 5.10 Å². The van der Waals surface area contributed by atoms with Gasteiger partial charge in [-0.3, -0.25) is 9.48 Å². The van der Waals surface area contributed by atoms with Gasteiger partial charge < -0.3 is 14.7 Å². The van der Waals surface area contributed by atoms with E-state index in [0.717, 1.165) is 0 Å². The minimum absolute atomic E-state index is 0.0346. The van der Waals surface area contributed by atoms with Crippen molar-refractivity contribution in [2.75, 3.05) is 19.8 Å². The first kappa shape index (κ1) is 12.6. The van der Waals surface area contributed by atoms with Crippen LogP contribution in [0.2, 0.25) is 0 Å². The highest BCUT2D eigenvalue weighted by atomic mass is 16.5. The average molecular weight is 253 g/mol. The van der Waals surface area contributed by atoms with E-state index in [9.17, 15) is 9.59 Å². The molecule has 2 rings (SSSR count). The molecule has 98 valence electrons. The van der Waals surface area contributed by atoms with Gasteiger partial charge in [0, 0.05) is 18.9 Å². The monoisotopic (exact) mass is 253 g/mol. The van der Waals surface area contributed by atoms with Gasteiger partial charge in [-0.25, -0.2) is 4.79 Å². The first-order valence-electron chi connectivity index (χ1n) is 5.71. The highest BCUT2D eigenvalue weighted by molar-refractivity contribution is 5.86. The SMILES string of the molecule is CC(C(=O)N1CCOCC1C(=O)O)n1cccn1. The molecule has 1 aliphatic heterocycles. The largest absolute Gasteiger partial charge is 0.480 e. The number of ether oxygens (including phenoxy) is 1. The summed E-state index contributed by atoms with van der Waals surface area (Å²) in [4.78, 5) is 24.7. The summed E-state index contributed by atoms with van der Waals surface area (Å²) >= 11 is 0. The van der Waals surface area contributed by atoms with Crippen molar-refractivity contribution in [1.29, 1.82) is 0 Å². The molecule has 1 aromatic heterocycles. The number of amides is 1. The molecule has 2 heterocycles. The summed E-state index contributed by atoms with van der Waals surface area (Å²) in [5, 5.41) is 13.1. The smallest absolute Gasteiger partial charge is 0.328 e. The van der Waals surface area contributed by atoms with Crippen molar-refractivity contribution in [2.45, 2.75) is 19.0 Å². The fourth-order valence-corrected chi connectivity index (χ4v) is 1.93. The molecular formula is C11H15N3O4. The molecule has 7 nitrogen and oxygen atoms in total. The van der Waals surface area contributed by atoms with Crippen LogP contribution in [0.4, 0.5) is 0 Å². The summed E-state index contributed by atoms with van der Waals surface area (Å²) < 4.78 is 6.61. The normalized spacial score (nSPS) is 21.6. The molecule has 2 atom stereocenters. The standard InChI is InChI=1S/C11H15N3O4/c1-8(14-4-2-3-12-14)10(15)13-5-6-18-7-9(13)11(16)17/h2-4,8-9H,5-7H2,1H3,(H,16,17). The molecule has 1 amide bonds. The number of carbonyl (C=O) groups excluding carboxylic acids is 1. The maximum atomic E-state index is 12.3. The Morgan fingerprint density at radius 3 is 2.94 bits per heavy atom. The molecule has 1 aromatic rings. The third-order valence-corrected chi connectivity index (χ3v) is 2.98. The zero-order valence-corrected chi connectivity index (χ0v) is 10.0. The Kier molecular flexibility index (Phi) is 3.61. The van der Waals surface area contributed by atoms with Crippen LogP contribution in [0.5, 0.6) is 0 Å². The number of carboxylic acids is 1. The van der Waals surface area contributed by atoms with Gasteiger partial charge in [0.25, 0.3) is 0 Å². The van der Waals surface area contributed by atoms with E-state index in [1.54, 1.807) is 25.4 Å². The molecule has 1 saturated heterocycles. The number of morpholine rings is 1. The lowest BCUT2D eigenvalue weighted by atomic mass is 10.2. The Bertz CT molecular complexity index is 432. The number of hydrogen-bond acceptors (Lipinski definition) is 4. The number of carbonyl (C=O) groups is 2. The number of carboxylic acid groups (broad SMARTS) is 1. The predicted molar refractivity (Wildman–Crippen MR) is 60.9 cm³/mol. The van der Waals surface area contributed by atoms with Crippen LogP contribution in [0.15, 0.2) is 18.5 Å². The Balaban J connectivity index is 2.13. The number of hydrogen-bond donors (Lipinski definition) is 1. The summed E-state index contributed by atoms with van der Waals surface area (Å²) in [5.74, 6) is -1.30. The van der Waals surface area contributed by atoms with Crippen LogP contribution < -0.4 is 0 Å². The quantitative estimate of drug-likeness (QED) is 0.803. The molecule has 0 bridgehead atoms. The lowest BCUT2D eigenvalue weighted by Gasteiger charge is -2.34. The molecule has 18 heavy (non-hydrogen) atoms. The second-order valence-electron chi connectivity index (χ2n) is 4.12. The number of aliphatic carboxylic acids is 1. The molecule has 1 fully saturated rings. The van der Waals surface area contributed by atoms with E-state index < -0.39 is 18.1 Å². The van der Waals surface area contributed by atoms with Crippen molar-refractivity contribution in [2.24, 2.45) is 0 Å². The van der Waals surface area contributed by atoms with Crippen LogP contribution in [-0.2, 0) is 14.3 Å². The van der Waals surface area contributed by atoms with Crippen LogP contribution in [0.25, 0.3) is 0 Å². The second-order valence-corrected chi connectivity index (χ2v) is 4.12. The Morgan fingerprint density at radius 1 is 1.56 bits per heavy atom. The van der Waals surface area contributed by atoms with Gasteiger partial charge in [0.15, 0.2) is 6.04 Å². The number of nitrogens with zero attached hydrogens (tertiary/aromatic N) is 3. The van der Waals surface area contributed by atoms with E-state index in [4.69, 9.17) is 9.84 Å². The van der Waals surface area contributed by atoms with Crippen LogP contribution >= 0.6 is 0 Å². The first-order chi connectivity index (χ1) is 8.61. The van der Waals surface area contributed by atoms with Gasteiger partial charge >= 0.3 is 5.97 Å². The van der Waals surface area contributed by atoms with Gasteiger partial charge in [-0.15, -0.1) is 0 Å². The topological polar surface area (TPSA) is 84.7 Å². The van der Waals surface area contributed by atoms with Gasteiger partial charge in [0.05, 0.1) is 13.2 Å². The van der Waals surface area contributed by atoms with E-state index in [2.05, 4.69) is 5.10 Å². The predicted octanol–water partition coefficient (Wildman–Crippen LogP) is -0.244. The van der Waals surface area contributed by atoms with Crippen molar-refractivity contribution >= 4 is 11.9 Å². The maximum Gasteiger partial charge on any atom is 0.328 e. The van der Waals surface area contributed by atoms with Crippen molar-refractivity contribution in [1.82, 2.24) is 14.7 Å². The van der Waals surface area contributed by atoms with E-state index in [0.29, 0.717) is 13.2 Å². The molecule has 0 aromatic carbocycles. The van der Waals surface area contributed by atoms with Crippen molar-refractivity contribution in [3.63, 3.8) is 0 Å². The fraction of sp³-hybridized carbons (Fsp3) is 0.545. The Hall–Kier alpha value is -1.89. The first-order valence-corrected chi connectivity index (χ1v) is 5.71. The fourth-order valence-electron chi connectivity index (χ4n) is 1.93. The van der Waals surface area contributed by atoms with Gasteiger partial charge in [0.2, 0.25) is 5.91 Å². The molecule has 0 radical (unpaired) electrons. The Morgan fingerprint density at radius 2 is 2.33 bits per heavy atom.